The summed E-state index contributed by atoms with van der Waals surface area (Å²) in [5.74, 6) is -3.57. The van der Waals surface area contributed by atoms with Crippen LogP contribution in [-0.4, -0.2) is 74.9 Å². The van der Waals surface area contributed by atoms with E-state index in [9.17, 15) is 39.6 Å². The van der Waals surface area contributed by atoms with Gasteiger partial charge in [0.15, 0.2) is 0 Å². The SMILES string of the molecule is CC(C)CC(NC(=O)C(Cc1ccc(O)cc1)NC(=O)C(CO)NC(=O)C(N)Cc1ccc(O)cc1)C(=O)O. The van der Waals surface area contributed by atoms with Gasteiger partial charge in [0.05, 0.1) is 12.6 Å². The van der Waals surface area contributed by atoms with Gasteiger partial charge >= 0.3 is 5.97 Å². The van der Waals surface area contributed by atoms with E-state index in [1.54, 1.807) is 26.0 Å². The van der Waals surface area contributed by atoms with Crippen molar-refractivity contribution in [2.75, 3.05) is 6.61 Å². The van der Waals surface area contributed by atoms with E-state index in [1.165, 1.54) is 36.4 Å². The summed E-state index contributed by atoms with van der Waals surface area (Å²) in [6.07, 6.45) is 0.206. The van der Waals surface area contributed by atoms with Crippen molar-refractivity contribution in [3.63, 3.8) is 0 Å². The molecule has 0 radical (unpaired) electrons. The molecule has 212 valence electrons. The van der Waals surface area contributed by atoms with E-state index in [1.807, 2.05) is 0 Å². The first kappa shape index (κ1) is 31.1. The fraction of sp³-hybridized carbons (Fsp3) is 0.407. The molecule has 0 heterocycles. The number of carboxylic acids is 1. The van der Waals surface area contributed by atoms with Crippen molar-refractivity contribution in [1.82, 2.24) is 16.0 Å². The highest BCUT2D eigenvalue weighted by Crippen LogP contribution is 2.13. The van der Waals surface area contributed by atoms with Crippen LogP contribution in [0, 0.1) is 5.92 Å². The molecule has 12 nitrogen and oxygen atoms in total. The minimum absolute atomic E-state index is 0.00152. The molecule has 0 saturated heterocycles. The quantitative estimate of drug-likeness (QED) is 0.158. The summed E-state index contributed by atoms with van der Waals surface area (Å²) >= 11 is 0. The Labute approximate surface area is 226 Å². The van der Waals surface area contributed by atoms with Crippen LogP contribution in [0.3, 0.4) is 0 Å². The fourth-order valence-electron chi connectivity index (χ4n) is 3.77. The monoisotopic (exact) mass is 544 g/mol. The smallest absolute Gasteiger partial charge is 0.326 e. The van der Waals surface area contributed by atoms with E-state index in [0.29, 0.717) is 11.1 Å². The number of nitrogens with one attached hydrogen (secondary N) is 3. The third-order valence-corrected chi connectivity index (χ3v) is 5.88. The molecule has 4 unspecified atom stereocenters. The van der Waals surface area contributed by atoms with Gasteiger partial charge in [0, 0.05) is 6.42 Å². The summed E-state index contributed by atoms with van der Waals surface area (Å²) in [6.45, 7) is 2.82. The van der Waals surface area contributed by atoms with Gasteiger partial charge in [0.2, 0.25) is 17.7 Å². The number of phenols is 2. The number of hydrogen-bond acceptors (Lipinski definition) is 8. The van der Waals surface area contributed by atoms with Gasteiger partial charge in [-0.25, -0.2) is 4.79 Å². The van der Waals surface area contributed by atoms with Gasteiger partial charge in [-0.15, -0.1) is 0 Å². The van der Waals surface area contributed by atoms with Crippen LogP contribution in [0.2, 0.25) is 0 Å². The molecule has 2 aromatic rings. The van der Waals surface area contributed by atoms with E-state index in [2.05, 4.69) is 16.0 Å². The van der Waals surface area contributed by atoms with Gasteiger partial charge in [0.1, 0.15) is 29.6 Å². The lowest BCUT2D eigenvalue weighted by Gasteiger charge is -2.25. The number of carbonyl (C=O) groups is 4. The number of aliphatic carboxylic acids is 1. The minimum Gasteiger partial charge on any atom is -0.508 e. The summed E-state index contributed by atoms with van der Waals surface area (Å²) in [7, 11) is 0. The Morgan fingerprint density at radius 3 is 1.62 bits per heavy atom. The number of phenolic OH excluding ortho intramolecular Hbond substituents is 2. The highest BCUT2D eigenvalue weighted by Gasteiger charge is 2.30. The molecule has 0 aliphatic carbocycles. The number of benzene rings is 2. The van der Waals surface area contributed by atoms with Crippen LogP contribution >= 0.6 is 0 Å². The van der Waals surface area contributed by atoms with Crippen LogP contribution in [0.25, 0.3) is 0 Å². The number of rotatable bonds is 14. The number of carbonyl (C=O) groups excluding carboxylic acids is 3. The maximum atomic E-state index is 13.1. The Balaban J connectivity index is 2.14. The standard InChI is InChI=1S/C27H36N4O8/c1-15(2)11-22(27(38)39)30-25(36)21(13-17-5-9-19(34)10-6-17)29-26(37)23(14-32)31-24(35)20(28)12-16-3-7-18(33)8-4-16/h3-10,15,20-23,32-34H,11-14,28H2,1-2H3,(H,29,37)(H,30,36)(H,31,35)(H,38,39). The zero-order chi connectivity index (χ0) is 29.1. The molecule has 0 saturated carbocycles. The minimum atomic E-state index is -1.44. The largest absolute Gasteiger partial charge is 0.508 e. The van der Waals surface area contributed by atoms with E-state index in [0.717, 1.165) is 0 Å². The van der Waals surface area contributed by atoms with Crippen molar-refractivity contribution in [3.05, 3.63) is 59.7 Å². The summed E-state index contributed by atoms with van der Waals surface area (Å²) < 4.78 is 0. The number of carboxylic acid groups (broad SMARTS) is 1. The number of nitrogens with two attached hydrogens (primary N) is 1. The molecule has 0 aliphatic heterocycles. The van der Waals surface area contributed by atoms with Gasteiger partial charge in [-0.2, -0.15) is 0 Å². The lowest BCUT2D eigenvalue weighted by atomic mass is 10.0. The molecule has 12 heteroatoms. The Bertz CT molecular complexity index is 1120. The van der Waals surface area contributed by atoms with Crippen LogP contribution in [0.4, 0.5) is 0 Å². The summed E-state index contributed by atoms with van der Waals surface area (Å²) in [6, 6.07) is 6.99. The molecule has 4 atom stereocenters. The van der Waals surface area contributed by atoms with Crippen molar-refractivity contribution in [3.8, 4) is 11.5 Å². The first-order valence-electron chi connectivity index (χ1n) is 12.5. The molecule has 0 aromatic heterocycles. The molecule has 0 spiro atoms. The van der Waals surface area contributed by atoms with E-state index < -0.39 is 54.5 Å². The van der Waals surface area contributed by atoms with Crippen molar-refractivity contribution in [2.24, 2.45) is 11.7 Å². The van der Waals surface area contributed by atoms with Gasteiger partial charge in [-0.1, -0.05) is 38.1 Å². The van der Waals surface area contributed by atoms with Crippen molar-refractivity contribution in [2.45, 2.75) is 57.3 Å². The Kier molecular flexibility index (Phi) is 11.7. The molecule has 2 aromatic carbocycles. The molecular formula is C27H36N4O8. The average molecular weight is 545 g/mol. The lowest BCUT2D eigenvalue weighted by Crippen LogP contribution is -2.58. The molecule has 3 amide bonds. The molecule has 9 N–H and O–H groups in total. The Morgan fingerprint density at radius 1 is 0.718 bits per heavy atom. The van der Waals surface area contributed by atoms with Crippen LogP contribution < -0.4 is 21.7 Å². The molecule has 2 rings (SSSR count). The molecule has 0 fully saturated rings. The summed E-state index contributed by atoms with van der Waals surface area (Å²) in [4.78, 5) is 50.4. The predicted molar refractivity (Wildman–Crippen MR) is 142 cm³/mol. The van der Waals surface area contributed by atoms with Crippen LogP contribution in [-0.2, 0) is 32.0 Å². The first-order chi connectivity index (χ1) is 18.4. The topological polar surface area (TPSA) is 211 Å². The lowest BCUT2D eigenvalue weighted by molar-refractivity contribution is -0.142. The van der Waals surface area contributed by atoms with E-state index in [4.69, 9.17) is 5.73 Å². The number of aliphatic hydroxyl groups excluding tert-OH is 1. The third kappa shape index (κ3) is 10.3. The van der Waals surface area contributed by atoms with Crippen LogP contribution in [0.5, 0.6) is 11.5 Å². The molecule has 0 aliphatic rings. The number of aromatic hydroxyl groups is 2. The predicted octanol–water partition coefficient (Wildman–Crippen LogP) is -0.212. The highest BCUT2D eigenvalue weighted by atomic mass is 16.4. The van der Waals surface area contributed by atoms with Gasteiger partial charge in [0.25, 0.3) is 0 Å². The van der Waals surface area contributed by atoms with Crippen molar-refractivity contribution < 1.29 is 39.6 Å². The molecule has 0 bridgehead atoms. The van der Waals surface area contributed by atoms with Gasteiger partial charge in [-0.3, -0.25) is 14.4 Å². The maximum absolute atomic E-state index is 13.1. The van der Waals surface area contributed by atoms with Crippen molar-refractivity contribution >= 4 is 23.7 Å². The van der Waals surface area contributed by atoms with Crippen LogP contribution in [0.1, 0.15) is 31.4 Å². The number of hydrogen-bond donors (Lipinski definition) is 8. The second-order valence-electron chi connectivity index (χ2n) is 9.68. The van der Waals surface area contributed by atoms with E-state index >= 15 is 0 Å². The first-order valence-corrected chi connectivity index (χ1v) is 12.5. The number of aliphatic hydroxyl groups is 1. The molecular weight excluding hydrogens is 508 g/mol. The number of amides is 3. The zero-order valence-electron chi connectivity index (χ0n) is 21.8. The van der Waals surface area contributed by atoms with Gasteiger partial charge in [-0.05, 0) is 54.2 Å². The third-order valence-electron chi connectivity index (χ3n) is 5.88. The highest BCUT2D eigenvalue weighted by molar-refractivity contribution is 5.94. The van der Waals surface area contributed by atoms with Crippen LogP contribution in [0.15, 0.2) is 48.5 Å². The second kappa shape index (κ2) is 14.7. The zero-order valence-corrected chi connectivity index (χ0v) is 21.8. The average Bonchev–Trinajstić information content (AvgIpc) is 2.88. The maximum Gasteiger partial charge on any atom is 0.326 e. The summed E-state index contributed by atoms with van der Waals surface area (Å²) in [5, 5.41) is 45.5. The summed E-state index contributed by atoms with van der Waals surface area (Å²) in [5.41, 5.74) is 7.18. The Hall–Kier alpha value is -4.16. The van der Waals surface area contributed by atoms with Gasteiger partial charge < -0.3 is 42.1 Å². The fourth-order valence-corrected chi connectivity index (χ4v) is 3.77. The second-order valence-corrected chi connectivity index (χ2v) is 9.68. The van der Waals surface area contributed by atoms with E-state index in [-0.39, 0.29) is 36.7 Å². The van der Waals surface area contributed by atoms with Crippen molar-refractivity contribution in [1.29, 1.82) is 0 Å². The normalized spacial score (nSPS) is 14.1. The molecule has 39 heavy (non-hydrogen) atoms. The Morgan fingerprint density at radius 2 is 1.15 bits per heavy atom.